The molecule has 1 N–H and O–H groups in total. The molecule has 0 bridgehead atoms. The molecule has 0 heterocycles. The van der Waals surface area contributed by atoms with E-state index in [-0.39, 0.29) is 17.3 Å². The summed E-state index contributed by atoms with van der Waals surface area (Å²) >= 11 is 3.39. The molecule has 1 rings (SSSR count). The first kappa shape index (κ1) is 15.9. The molecule has 0 saturated carbocycles. The molecule has 6 heteroatoms. The van der Waals surface area contributed by atoms with Crippen molar-refractivity contribution in [2.24, 2.45) is 0 Å². The van der Waals surface area contributed by atoms with Gasteiger partial charge in [0.1, 0.15) is 0 Å². The fourth-order valence-electron chi connectivity index (χ4n) is 1.87. The van der Waals surface area contributed by atoms with Crippen LogP contribution in [0.4, 0.5) is 11.4 Å². The van der Waals surface area contributed by atoms with Gasteiger partial charge >= 0.3 is 0 Å². The van der Waals surface area contributed by atoms with Gasteiger partial charge in [-0.25, -0.2) is 0 Å². The van der Waals surface area contributed by atoms with Gasteiger partial charge in [-0.3, -0.25) is 10.1 Å². The van der Waals surface area contributed by atoms with Crippen LogP contribution in [0.15, 0.2) is 22.7 Å². The van der Waals surface area contributed by atoms with E-state index in [1.165, 1.54) is 12.1 Å². The third-order valence-corrected chi connectivity index (χ3v) is 3.60. The Balaban J connectivity index is 2.81. The van der Waals surface area contributed by atoms with Crippen LogP contribution in [0.2, 0.25) is 0 Å². The zero-order valence-corrected chi connectivity index (χ0v) is 13.2. The maximum Gasteiger partial charge on any atom is 0.271 e. The molecule has 0 spiro atoms. The number of nitrogens with one attached hydrogen (secondary N) is 1. The number of benzene rings is 1. The molecule has 106 valence electrons. The van der Waals surface area contributed by atoms with Gasteiger partial charge in [-0.15, -0.1) is 0 Å². The second-order valence-electron chi connectivity index (χ2n) is 5.13. The number of hydrogen-bond acceptors (Lipinski definition) is 4. The quantitative estimate of drug-likeness (QED) is 0.633. The first-order valence-corrected chi connectivity index (χ1v) is 6.80. The molecule has 1 atom stereocenters. The van der Waals surface area contributed by atoms with Crippen LogP contribution in [0.5, 0.6) is 0 Å². The van der Waals surface area contributed by atoms with Crippen molar-refractivity contribution in [2.45, 2.75) is 38.8 Å². The van der Waals surface area contributed by atoms with Crippen molar-refractivity contribution < 1.29 is 9.66 Å². The summed E-state index contributed by atoms with van der Waals surface area (Å²) in [6.07, 6.45) is 0.790. The van der Waals surface area contributed by atoms with E-state index in [9.17, 15) is 10.1 Å². The molecule has 0 fully saturated rings. The topological polar surface area (TPSA) is 64.4 Å². The molecule has 19 heavy (non-hydrogen) atoms. The number of methoxy groups -OCH3 is 1. The lowest BCUT2D eigenvalue weighted by Crippen LogP contribution is -2.31. The van der Waals surface area contributed by atoms with E-state index >= 15 is 0 Å². The van der Waals surface area contributed by atoms with Crippen LogP contribution in [-0.4, -0.2) is 23.7 Å². The second-order valence-corrected chi connectivity index (χ2v) is 5.99. The average Bonchev–Trinajstić information content (AvgIpc) is 2.31. The fraction of sp³-hybridized carbons (Fsp3) is 0.538. The van der Waals surface area contributed by atoms with E-state index in [0.717, 1.165) is 10.9 Å². The normalized spacial score (nSPS) is 13.1. The van der Waals surface area contributed by atoms with Crippen molar-refractivity contribution in [1.82, 2.24) is 0 Å². The van der Waals surface area contributed by atoms with E-state index in [0.29, 0.717) is 5.69 Å². The van der Waals surface area contributed by atoms with Crippen LogP contribution in [0.3, 0.4) is 0 Å². The Morgan fingerprint density at radius 2 is 2.16 bits per heavy atom. The minimum Gasteiger partial charge on any atom is -0.381 e. The van der Waals surface area contributed by atoms with Crippen LogP contribution in [-0.2, 0) is 4.74 Å². The van der Waals surface area contributed by atoms with E-state index in [1.807, 2.05) is 20.8 Å². The van der Waals surface area contributed by atoms with Crippen LogP contribution in [0.1, 0.15) is 27.2 Å². The Morgan fingerprint density at radius 3 is 2.68 bits per heavy atom. The molecule has 0 aromatic heterocycles. The van der Waals surface area contributed by atoms with E-state index < -0.39 is 4.92 Å². The molecule has 1 unspecified atom stereocenters. The van der Waals surface area contributed by atoms with Gasteiger partial charge in [-0.05, 0) is 49.2 Å². The summed E-state index contributed by atoms with van der Waals surface area (Å²) in [7, 11) is 1.68. The molecular weight excluding hydrogens is 312 g/mol. The first-order chi connectivity index (χ1) is 8.75. The number of ether oxygens (including phenoxy) is 1. The van der Waals surface area contributed by atoms with E-state index in [4.69, 9.17) is 4.74 Å². The number of non-ortho nitro benzene ring substituents is 1. The monoisotopic (exact) mass is 330 g/mol. The Morgan fingerprint density at radius 1 is 1.53 bits per heavy atom. The van der Waals surface area contributed by atoms with Crippen molar-refractivity contribution in [1.29, 1.82) is 0 Å². The highest BCUT2D eigenvalue weighted by atomic mass is 79.9. The van der Waals surface area contributed by atoms with Gasteiger partial charge in [-0.1, -0.05) is 0 Å². The smallest absolute Gasteiger partial charge is 0.271 e. The summed E-state index contributed by atoms with van der Waals surface area (Å²) in [6, 6.07) is 4.81. The first-order valence-electron chi connectivity index (χ1n) is 6.01. The van der Waals surface area contributed by atoms with Crippen molar-refractivity contribution in [3.05, 3.63) is 32.8 Å². The molecule has 0 saturated heterocycles. The lowest BCUT2D eigenvalue weighted by molar-refractivity contribution is -0.384. The fourth-order valence-corrected chi connectivity index (χ4v) is 2.24. The van der Waals surface area contributed by atoms with Crippen molar-refractivity contribution in [2.75, 3.05) is 12.4 Å². The average molecular weight is 331 g/mol. The summed E-state index contributed by atoms with van der Waals surface area (Å²) in [4.78, 5) is 10.4. The summed E-state index contributed by atoms with van der Waals surface area (Å²) in [5.74, 6) is 0. The number of nitro benzene ring substituents is 1. The van der Waals surface area contributed by atoms with Crippen molar-refractivity contribution >= 4 is 27.3 Å². The summed E-state index contributed by atoms with van der Waals surface area (Å²) < 4.78 is 6.18. The molecule has 1 aromatic rings. The lowest BCUT2D eigenvalue weighted by Gasteiger charge is -2.27. The molecule has 5 nitrogen and oxygen atoms in total. The van der Waals surface area contributed by atoms with Crippen LogP contribution in [0.25, 0.3) is 0 Å². The van der Waals surface area contributed by atoms with Gasteiger partial charge in [0.05, 0.1) is 16.2 Å². The molecular formula is C13H19BrN2O3. The van der Waals surface area contributed by atoms with Gasteiger partial charge in [0.25, 0.3) is 5.69 Å². The highest BCUT2D eigenvalue weighted by Gasteiger charge is 2.21. The van der Waals surface area contributed by atoms with Crippen molar-refractivity contribution in [3.8, 4) is 0 Å². The standard InChI is InChI=1S/C13H19BrN2O3/c1-9(8-13(2,3)19-4)15-12-7-10(16(17)18)5-6-11(12)14/h5-7,9,15H,8H2,1-4H3. The molecule has 0 aliphatic heterocycles. The summed E-state index contributed by atoms with van der Waals surface area (Å²) in [6.45, 7) is 6.04. The second kappa shape index (κ2) is 6.34. The van der Waals surface area contributed by atoms with E-state index in [2.05, 4.69) is 21.2 Å². The van der Waals surface area contributed by atoms with Gasteiger partial charge < -0.3 is 10.1 Å². The molecule has 0 amide bonds. The Bertz CT molecular complexity index is 463. The highest BCUT2D eigenvalue weighted by molar-refractivity contribution is 9.10. The van der Waals surface area contributed by atoms with Crippen LogP contribution >= 0.6 is 15.9 Å². The zero-order chi connectivity index (χ0) is 14.6. The molecule has 1 aromatic carbocycles. The molecule has 0 aliphatic rings. The maximum atomic E-state index is 10.8. The Hall–Kier alpha value is -1.14. The summed E-state index contributed by atoms with van der Waals surface area (Å²) in [5.41, 5.74) is 0.553. The maximum absolute atomic E-state index is 10.8. The van der Waals surface area contributed by atoms with Gasteiger partial charge in [0, 0.05) is 29.8 Å². The predicted octanol–water partition coefficient (Wildman–Crippen LogP) is 3.97. The van der Waals surface area contributed by atoms with Crippen molar-refractivity contribution in [3.63, 3.8) is 0 Å². The predicted molar refractivity (Wildman–Crippen MR) is 79.6 cm³/mol. The van der Waals surface area contributed by atoms with Gasteiger partial charge in [-0.2, -0.15) is 0 Å². The van der Waals surface area contributed by atoms with Gasteiger partial charge in [0.15, 0.2) is 0 Å². The number of hydrogen-bond donors (Lipinski definition) is 1. The third-order valence-electron chi connectivity index (χ3n) is 2.91. The minimum absolute atomic E-state index is 0.0731. The number of nitrogens with zero attached hydrogens (tertiary/aromatic N) is 1. The number of nitro groups is 1. The Kier molecular flexibility index (Phi) is 5.31. The number of anilines is 1. The zero-order valence-electron chi connectivity index (χ0n) is 11.6. The lowest BCUT2D eigenvalue weighted by atomic mass is 9.99. The highest BCUT2D eigenvalue weighted by Crippen LogP contribution is 2.29. The summed E-state index contributed by atoms with van der Waals surface area (Å²) in [5, 5.41) is 14.0. The van der Waals surface area contributed by atoms with Gasteiger partial charge in [0.2, 0.25) is 0 Å². The number of rotatable bonds is 6. The van der Waals surface area contributed by atoms with Crippen LogP contribution < -0.4 is 5.32 Å². The number of halogens is 1. The largest absolute Gasteiger partial charge is 0.381 e. The molecule has 0 radical (unpaired) electrons. The Labute approximate surface area is 121 Å². The molecule has 0 aliphatic carbocycles. The SMILES string of the molecule is COC(C)(C)CC(C)Nc1cc([N+](=O)[O-])ccc1Br. The third kappa shape index (κ3) is 4.80. The minimum atomic E-state index is -0.401. The van der Waals surface area contributed by atoms with E-state index in [1.54, 1.807) is 13.2 Å². The van der Waals surface area contributed by atoms with Crippen LogP contribution in [0, 0.1) is 10.1 Å².